The van der Waals surface area contributed by atoms with Crippen LogP contribution in [-0.4, -0.2) is 12.9 Å². The van der Waals surface area contributed by atoms with E-state index in [0.29, 0.717) is 5.56 Å². The molecule has 0 N–H and O–H groups in total. The maximum atomic E-state index is 10.7. The maximum Gasteiger partial charge on any atom is 0.150 e. The van der Waals surface area contributed by atoms with Crippen LogP contribution in [-0.2, 0) is 0 Å². The predicted octanol–water partition coefficient (Wildman–Crippen LogP) is 5.13. The number of hydrogen-bond donors (Lipinski definition) is 0. The summed E-state index contributed by atoms with van der Waals surface area (Å²) in [5, 5.41) is 0. The first-order valence-corrected chi connectivity index (χ1v) is 8.13. The molecule has 0 aliphatic heterocycles. The van der Waals surface area contributed by atoms with Crippen LogP contribution < -0.4 is 4.74 Å². The van der Waals surface area contributed by atoms with Gasteiger partial charge in [-0.25, -0.2) is 0 Å². The molecule has 2 aromatic carbocycles. The number of benzene rings is 2. The third kappa shape index (κ3) is 3.76. The van der Waals surface area contributed by atoms with Gasteiger partial charge in [-0.1, -0.05) is 62.1 Å². The monoisotopic (exact) mass is 294 g/mol. The summed E-state index contributed by atoms with van der Waals surface area (Å²) >= 11 is 0. The SMILES string of the molecule is O=Cc1ccc(-c2ccc(OCCC3CCCC3)cc2)cc1. The Morgan fingerprint density at radius 2 is 1.50 bits per heavy atom. The zero-order chi connectivity index (χ0) is 15.2. The summed E-state index contributed by atoms with van der Waals surface area (Å²) in [5.41, 5.74) is 2.96. The first-order chi connectivity index (χ1) is 10.8. The highest BCUT2D eigenvalue weighted by atomic mass is 16.5. The summed E-state index contributed by atoms with van der Waals surface area (Å²) < 4.78 is 5.85. The van der Waals surface area contributed by atoms with E-state index in [1.807, 2.05) is 36.4 Å². The van der Waals surface area contributed by atoms with Crippen molar-refractivity contribution in [2.45, 2.75) is 32.1 Å². The molecule has 114 valence electrons. The molecule has 2 nitrogen and oxygen atoms in total. The maximum absolute atomic E-state index is 10.7. The zero-order valence-electron chi connectivity index (χ0n) is 12.8. The lowest BCUT2D eigenvalue weighted by Gasteiger charge is -2.11. The molecule has 0 unspecified atom stereocenters. The molecule has 0 bridgehead atoms. The van der Waals surface area contributed by atoms with Crippen molar-refractivity contribution in [2.24, 2.45) is 5.92 Å². The Balaban J connectivity index is 1.55. The Morgan fingerprint density at radius 3 is 2.09 bits per heavy atom. The topological polar surface area (TPSA) is 26.3 Å². The highest BCUT2D eigenvalue weighted by Crippen LogP contribution is 2.28. The second kappa shape index (κ2) is 7.26. The van der Waals surface area contributed by atoms with E-state index < -0.39 is 0 Å². The van der Waals surface area contributed by atoms with Gasteiger partial charge in [0.05, 0.1) is 6.61 Å². The Hall–Kier alpha value is -2.09. The van der Waals surface area contributed by atoms with Crippen LogP contribution in [0.1, 0.15) is 42.5 Å². The van der Waals surface area contributed by atoms with Gasteiger partial charge in [0.2, 0.25) is 0 Å². The summed E-state index contributed by atoms with van der Waals surface area (Å²) in [6.07, 6.45) is 7.57. The smallest absolute Gasteiger partial charge is 0.150 e. The van der Waals surface area contributed by atoms with Crippen LogP contribution in [0.5, 0.6) is 5.75 Å². The van der Waals surface area contributed by atoms with E-state index in [1.54, 1.807) is 0 Å². The predicted molar refractivity (Wildman–Crippen MR) is 89.3 cm³/mol. The van der Waals surface area contributed by atoms with Gasteiger partial charge in [0.1, 0.15) is 12.0 Å². The summed E-state index contributed by atoms with van der Waals surface area (Å²) in [6, 6.07) is 15.8. The van der Waals surface area contributed by atoms with Crippen molar-refractivity contribution >= 4 is 6.29 Å². The fraction of sp³-hybridized carbons (Fsp3) is 0.350. The molecule has 3 rings (SSSR count). The first-order valence-electron chi connectivity index (χ1n) is 8.13. The lowest BCUT2D eigenvalue weighted by molar-refractivity contribution is 0.112. The standard InChI is InChI=1S/C20H22O2/c21-15-17-5-7-18(8-6-17)19-9-11-20(12-10-19)22-14-13-16-3-1-2-4-16/h5-12,15-16H,1-4,13-14H2. The molecule has 2 heteroatoms. The summed E-state index contributed by atoms with van der Waals surface area (Å²) in [6.45, 7) is 0.818. The first kappa shape index (κ1) is 14.8. The summed E-state index contributed by atoms with van der Waals surface area (Å²) in [4.78, 5) is 10.7. The quantitative estimate of drug-likeness (QED) is 0.691. The van der Waals surface area contributed by atoms with Gasteiger partial charge < -0.3 is 4.74 Å². The molecular formula is C20H22O2. The number of carbonyl (C=O) groups is 1. The van der Waals surface area contributed by atoms with E-state index in [0.717, 1.165) is 35.7 Å². The van der Waals surface area contributed by atoms with Gasteiger partial charge in [0.15, 0.2) is 0 Å². The molecule has 0 saturated heterocycles. The Labute approximate surface area is 132 Å². The molecule has 1 aliphatic rings. The van der Waals surface area contributed by atoms with Crippen LogP contribution in [0, 0.1) is 5.92 Å². The van der Waals surface area contributed by atoms with Gasteiger partial charge in [-0.2, -0.15) is 0 Å². The van der Waals surface area contributed by atoms with Crippen molar-refractivity contribution in [1.29, 1.82) is 0 Å². The van der Waals surface area contributed by atoms with Crippen LogP contribution in [0.3, 0.4) is 0 Å². The van der Waals surface area contributed by atoms with E-state index in [9.17, 15) is 4.79 Å². The average Bonchev–Trinajstić information content (AvgIpc) is 3.09. The van der Waals surface area contributed by atoms with Crippen molar-refractivity contribution in [3.8, 4) is 16.9 Å². The molecule has 0 atom stereocenters. The third-order valence-corrected chi connectivity index (χ3v) is 4.50. The minimum atomic E-state index is 0.704. The fourth-order valence-electron chi connectivity index (χ4n) is 3.14. The normalized spacial score (nSPS) is 14.9. The minimum Gasteiger partial charge on any atom is -0.494 e. The van der Waals surface area contributed by atoms with Crippen LogP contribution in [0.15, 0.2) is 48.5 Å². The van der Waals surface area contributed by atoms with Crippen LogP contribution in [0.4, 0.5) is 0 Å². The van der Waals surface area contributed by atoms with Crippen molar-refractivity contribution in [1.82, 2.24) is 0 Å². The molecule has 0 radical (unpaired) electrons. The van der Waals surface area contributed by atoms with Crippen molar-refractivity contribution in [3.63, 3.8) is 0 Å². The molecule has 0 heterocycles. The van der Waals surface area contributed by atoms with Crippen LogP contribution >= 0.6 is 0 Å². The van der Waals surface area contributed by atoms with E-state index >= 15 is 0 Å². The second-order valence-corrected chi connectivity index (χ2v) is 6.05. The molecule has 0 spiro atoms. The Morgan fingerprint density at radius 1 is 0.909 bits per heavy atom. The number of aldehydes is 1. The molecule has 22 heavy (non-hydrogen) atoms. The van der Waals surface area contributed by atoms with Crippen LogP contribution in [0.25, 0.3) is 11.1 Å². The zero-order valence-corrected chi connectivity index (χ0v) is 12.8. The number of carbonyl (C=O) groups excluding carboxylic acids is 1. The second-order valence-electron chi connectivity index (χ2n) is 6.05. The van der Waals surface area contributed by atoms with Gasteiger partial charge in [0.25, 0.3) is 0 Å². The largest absolute Gasteiger partial charge is 0.494 e. The minimum absolute atomic E-state index is 0.704. The summed E-state index contributed by atoms with van der Waals surface area (Å²) in [5.74, 6) is 1.81. The lowest BCUT2D eigenvalue weighted by atomic mass is 10.0. The number of ether oxygens (including phenoxy) is 1. The summed E-state index contributed by atoms with van der Waals surface area (Å²) in [7, 11) is 0. The van der Waals surface area contributed by atoms with Crippen LogP contribution in [0.2, 0.25) is 0 Å². The molecule has 1 aliphatic carbocycles. The lowest BCUT2D eigenvalue weighted by Crippen LogP contribution is -2.03. The molecule has 1 fully saturated rings. The molecule has 2 aromatic rings. The average molecular weight is 294 g/mol. The van der Waals surface area contributed by atoms with Gasteiger partial charge in [-0.05, 0) is 35.6 Å². The van der Waals surface area contributed by atoms with Crippen molar-refractivity contribution < 1.29 is 9.53 Å². The Bertz CT molecular complexity index is 593. The van der Waals surface area contributed by atoms with E-state index in [1.165, 1.54) is 32.1 Å². The third-order valence-electron chi connectivity index (χ3n) is 4.50. The number of hydrogen-bond acceptors (Lipinski definition) is 2. The van der Waals surface area contributed by atoms with Gasteiger partial charge in [-0.15, -0.1) is 0 Å². The van der Waals surface area contributed by atoms with Crippen molar-refractivity contribution in [3.05, 3.63) is 54.1 Å². The van der Waals surface area contributed by atoms with E-state index in [4.69, 9.17) is 4.74 Å². The molecule has 0 aromatic heterocycles. The van der Waals surface area contributed by atoms with Gasteiger partial charge >= 0.3 is 0 Å². The van der Waals surface area contributed by atoms with Gasteiger partial charge in [0, 0.05) is 5.56 Å². The van der Waals surface area contributed by atoms with E-state index in [-0.39, 0.29) is 0 Å². The number of rotatable bonds is 6. The fourth-order valence-corrected chi connectivity index (χ4v) is 3.14. The van der Waals surface area contributed by atoms with Crippen molar-refractivity contribution in [2.75, 3.05) is 6.61 Å². The highest BCUT2D eigenvalue weighted by Gasteiger charge is 2.14. The molecule has 1 saturated carbocycles. The van der Waals surface area contributed by atoms with E-state index in [2.05, 4.69) is 12.1 Å². The molecular weight excluding hydrogens is 272 g/mol. The van der Waals surface area contributed by atoms with Gasteiger partial charge in [-0.3, -0.25) is 4.79 Å². The Kier molecular flexibility index (Phi) is 4.89. The highest BCUT2D eigenvalue weighted by molar-refractivity contribution is 5.76. The molecule has 0 amide bonds.